The molecule has 0 aromatic heterocycles. The maximum absolute atomic E-state index is 13.6. The Hall–Kier alpha value is -3.45. The smallest absolute Gasteiger partial charge is 0.258 e. The van der Waals surface area contributed by atoms with Gasteiger partial charge in [-0.1, -0.05) is 72.8 Å². The van der Waals surface area contributed by atoms with Crippen LogP contribution in [0.25, 0.3) is 6.08 Å². The molecule has 1 unspecified atom stereocenters. The number of rotatable bonds is 4. The average Bonchev–Trinajstić information content (AvgIpc) is 2.73. The first kappa shape index (κ1) is 17.9. The third kappa shape index (κ3) is 2.95. The lowest BCUT2D eigenvalue weighted by Gasteiger charge is -2.34. The van der Waals surface area contributed by atoms with Gasteiger partial charge in [0.1, 0.15) is 0 Å². The first-order valence-corrected chi connectivity index (χ1v) is 10.0. The van der Waals surface area contributed by atoms with Crippen molar-refractivity contribution < 1.29 is 13.3 Å². The van der Waals surface area contributed by atoms with E-state index < -0.39 is 26.7 Å². The second-order valence-corrected chi connectivity index (χ2v) is 8.08. The van der Waals surface area contributed by atoms with Crippen molar-refractivity contribution >= 4 is 27.5 Å². The van der Waals surface area contributed by atoms with Crippen LogP contribution in [0.3, 0.4) is 0 Å². The minimum absolute atomic E-state index is 0.328. The van der Waals surface area contributed by atoms with Gasteiger partial charge in [0.15, 0.2) is 4.90 Å². The summed E-state index contributed by atoms with van der Waals surface area (Å²) in [6.07, 6.45) is 3.67. The van der Waals surface area contributed by atoms with Crippen molar-refractivity contribution in [1.82, 2.24) is 0 Å². The Morgan fingerprint density at radius 2 is 1.50 bits per heavy atom. The zero-order valence-electron chi connectivity index (χ0n) is 14.7. The molecule has 0 amide bonds. The van der Waals surface area contributed by atoms with Gasteiger partial charge in [0, 0.05) is 6.07 Å². The van der Waals surface area contributed by atoms with Gasteiger partial charge in [0.05, 0.1) is 16.7 Å². The molecular weight excluding hydrogens is 376 g/mol. The van der Waals surface area contributed by atoms with Crippen LogP contribution in [0.5, 0.6) is 0 Å². The second kappa shape index (κ2) is 6.94. The highest BCUT2D eigenvalue weighted by molar-refractivity contribution is 7.93. The lowest BCUT2D eigenvalue weighted by molar-refractivity contribution is -0.387. The van der Waals surface area contributed by atoms with Gasteiger partial charge in [-0.3, -0.25) is 14.4 Å². The zero-order chi connectivity index (χ0) is 19.7. The van der Waals surface area contributed by atoms with Gasteiger partial charge in [0.2, 0.25) is 0 Å². The van der Waals surface area contributed by atoms with Crippen molar-refractivity contribution in [3.63, 3.8) is 0 Å². The van der Waals surface area contributed by atoms with Gasteiger partial charge in [-0.2, -0.15) is 0 Å². The van der Waals surface area contributed by atoms with E-state index in [0.717, 1.165) is 11.1 Å². The molecule has 0 bridgehead atoms. The number of para-hydroxylation sites is 2. The lowest BCUT2D eigenvalue weighted by atomic mass is 10.00. The fourth-order valence-corrected chi connectivity index (χ4v) is 5.15. The van der Waals surface area contributed by atoms with Crippen molar-refractivity contribution in [1.29, 1.82) is 0 Å². The molecule has 140 valence electrons. The number of nitro groups is 1. The number of sulfonamides is 1. The third-order valence-corrected chi connectivity index (χ3v) is 6.47. The summed E-state index contributed by atoms with van der Waals surface area (Å²) >= 11 is 0. The quantitative estimate of drug-likeness (QED) is 0.482. The molecule has 0 spiro atoms. The van der Waals surface area contributed by atoms with E-state index >= 15 is 0 Å². The van der Waals surface area contributed by atoms with Crippen LogP contribution in [0.15, 0.2) is 89.8 Å². The zero-order valence-corrected chi connectivity index (χ0v) is 15.5. The van der Waals surface area contributed by atoms with Crippen molar-refractivity contribution in [3.05, 3.63) is 106 Å². The molecular formula is C21H16N2O4S. The molecule has 0 aliphatic carbocycles. The van der Waals surface area contributed by atoms with Crippen LogP contribution in [0.2, 0.25) is 0 Å². The summed E-state index contributed by atoms with van der Waals surface area (Å²) in [6, 6.07) is 21.1. The third-order valence-electron chi connectivity index (χ3n) is 4.62. The fraction of sp³-hybridized carbons (Fsp3) is 0.0476. The number of anilines is 1. The van der Waals surface area contributed by atoms with Crippen LogP contribution < -0.4 is 4.31 Å². The highest BCUT2D eigenvalue weighted by atomic mass is 32.2. The number of nitrogens with zero attached hydrogens (tertiary/aromatic N) is 2. The van der Waals surface area contributed by atoms with Crippen LogP contribution in [0.1, 0.15) is 17.2 Å². The highest BCUT2D eigenvalue weighted by Crippen LogP contribution is 2.41. The Labute approximate surface area is 162 Å². The summed E-state index contributed by atoms with van der Waals surface area (Å²) in [5.41, 5.74) is 1.55. The summed E-state index contributed by atoms with van der Waals surface area (Å²) < 4.78 is 28.6. The summed E-state index contributed by atoms with van der Waals surface area (Å²) in [6.45, 7) is 0. The normalized spacial score (nSPS) is 15.9. The summed E-state index contributed by atoms with van der Waals surface area (Å²) in [5.74, 6) is 0. The molecule has 6 nitrogen and oxygen atoms in total. The molecule has 1 aliphatic heterocycles. The first-order valence-electron chi connectivity index (χ1n) is 8.60. The summed E-state index contributed by atoms with van der Waals surface area (Å²) in [5, 5.41) is 11.5. The largest absolute Gasteiger partial charge is 0.289 e. The van der Waals surface area contributed by atoms with Crippen LogP contribution in [-0.4, -0.2) is 13.3 Å². The Morgan fingerprint density at radius 1 is 0.857 bits per heavy atom. The van der Waals surface area contributed by atoms with E-state index in [0.29, 0.717) is 5.69 Å². The topological polar surface area (TPSA) is 80.5 Å². The van der Waals surface area contributed by atoms with E-state index in [1.165, 1.54) is 28.6 Å². The first-order chi connectivity index (χ1) is 13.5. The van der Waals surface area contributed by atoms with Crippen LogP contribution >= 0.6 is 0 Å². The molecule has 28 heavy (non-hydrogen) atoms. The molecule has 0 fully saturated rings. The number of nitro benzene ring substituents is 1. The molecule has 0 N–H and O–H groups in total. The monoisotopic (exact) mass is 392 g/mol. The average molecular weight is 392 g/mol. The lowest BCUT2D eigenvalue weighted by Crippen LogP contribution is -2.36. The fourth-order valence-electron chi connectivity index (χ4n) is 3.36. The van der Waals surface area contributed by atoms with Gasteiger partial charge in [-0.05, 0) is 23.3 Å². The number of fused-ring (bicyclic) bond motifs is 1. The van der Waals surface area contributed by atoms with E-state index in [-0.39, 0.29) is 4.90 Å². The molecule has 4 rings (SSSR count). The number of benzene rings is 3. The van der Waals surface area contributed by atoms with E-state index in [1.54, 1.807) is 18.2 Å². The molecule has 1 atom stereocenters. The molecule has 3 aromatic carbocycles. The van der Waals surface area contributed by atoms with Gasteiger partial charge in [0.25, 0.3) is 15.7 Å². The van der Waals surface area contributed by atoms with Crippen molar-refractivity contribution in [2.75, 3.05) is 4.31 Å². The predicted octanol–water partition coefficient (Wildman–Crippen LogP) is 4.56. The molecule has 0 radical (unpaired) electrons. The molecule has 1 heterocycles. The Kier molecular flexibility index (Phi) is 4.44. The molecule has 1 aliphatic rings. The summed E-state index contributed by atoms with van der Waals surface area (Å²) in [7, 11) is -4.21. The van der Waals surface area contributed by atoms with Crippen LogP contribution in [-0.2, 0) is 10.0 Å². The van der Waals surface area contributed by atoms with Crippen molar-refractivity contribution in [2.45, 2.75) is 10.9 Å². The Bertz CT molecular complexity index is 1170. The predicted molar refractivity (Wildman–Crippen MR) is 107 cm³/mol. The minimum Gasteiger partial charge on any atom is -0.258 e. The van der Waals surface area contributed by atoms with Crippen LogP contribution in [0.4, 0.5) is 11.4 Å². The maximum atomic E-state index is 13.6. The Balaban J connectivity index is 1.96. The van der Waals surface area contributed by atoms with E-state index in [2.05, 4.69) is 0 Å². The number of hydrogen-bond acceptors (Lipinski definition) is 4. The van der Waals surface area contributed by atoms with Crippen LogP contribution in [0, 0.1) is 10.1 Å². The molecule has 3 aromatic rings. The van der Waals surface area contributed by atoms with Crippen molar-refractivity contribution in [2.24, 2.45) is 0 Å². The molecule has 7 heteroatoms. The summed E-state index contributed by atoms with van der Waals surface area (Å²) in [4.78, 5) is 10.5. The molecule has 0 saturated heterocycles. The van der Waals surface area contributed by atoms with Gasteiger partial charge < -0.3 is 0 Å². The Morgan fingerprint density at radius 3 is 2.25 bits per heavy atom. The van der Waals surface area contributed by atoms with E-state index in [1.807, 2.05) is 48.5 Å². The van der Waals surface area contributed by atoms with E-state index in [9.17, 15) is 18.5 Å². The number of hydrogen-bond donors (Lipinski definition) is 0. The highest BCUT2D eigenvalue weighted by Gasteiger charge is 2.38. The van der Waals surface area contributed by atoms with E-state index in [4.69, 9.17) is 0 Å². The van der Waals surface area contributed by atoms with Gasteiger partial charge in [-0.25, -0.2) is 8.42 Å². The standard InChI is InChI=1S/C21H16N2O4S/c24-23(25)20-12-6-7-13-21(20)28(26,27)22-18-11-5-4-10-17(18)14-15-19(22)16-8-2-1-3-9-16/h1-15,19H. The molecule has 0 saturated carbocycles. The van der Waals surface area contributed by atoms with Gasteiger partial charge >= 0.3 is 0 Å². The maximum Gasteiger partial charge on any atom is 0.289 e. The second-order valence-electron chi connectivity index (χ2n) is 6.30. The van der Waals surface area contributed by atoms with Crippen molar-refractivity contribution in [3.8, 4) is 0 Å². The van der Waals surface area contributed by atoms with Gasteiger partial charge in [-0.15, -0.1) is 0 Å². The minimum atomic E-state index is -4.21. The SMILES string of the molecule is O=[N+]([O-])c1ccccc1S(=O)(=O)N1c2ccccc2C=CC1c1ccccc1.